The number of carbonyl (C=O) groups is 3. The fourth-order valence-electron chi connectivity index (χ4n) is 2.91. The molecule has 28 heavy (non-hydrogen) atoms. The Morgan fingerprint density at radius 1 is 1.11 bits per heavy atom. The van der Waals surface area contributed by atoms with E-state index in [1.165, 1.54) is 4.90 Å². The molecule has 0 aliphatic carbocycles. The lowest BCUT2D eigenvalue weighted by Crippen LogP contribution is -2.58. The second-order valence-corrected chi connectivity index (χ2v) is 6.49. The maximum atomic E-state index is 12.4. The summed E-state index contributed by atoms with van der Waals surface area (Å²) in [7, 11) is 0. The Morgan fingerprint density at radius 2 is 1.79 bits per heavy atom. The van der Waals surface area contributed by atoms with E-state index in [4.69, 9.17) is 16.3 Å². The predicted octanol–water partition coefficient (Wildman–Crippen LogP) is 2.37. The predicted molar refractivity (Wildman–Crippen MR) is 105 cm³/mol. The molecule has 0 bridgehead atoms. The first kappa shape index (κ1) is 19.7. The maximum Gasteiger partial charge on any atom is 0.243 e. The van der Waals surface area contributed by atoms with Crippen LogP contribution in [0, 0.1) is 0 Å². The van der Waals surface area contributed by atoms with Crippen molar-refractivity contribution in [3.8, 4) is 11.5 Å². The van der Waals surface area contributed by atoms with Crippen molar-refractivity contribution in [2.24, 2.45) is 0 Å². The van der Waals surface area contributed by atoms with Gasteiger partial charge in [0.25, 0.3) is 0 Å². The van der Waals surface area contributed by atoms with Crippen molar-refractivity contribution in [1.82, 2.24) is 10.2 Å². The Morgan fingerprint density at radius 3 is 2.46 bits per heavy atom. The first-order chi connectivity index (χ1) is 13.6. The Kier molecular flexibility index (Phi) is 6.49. The number of rotatable bonds is 6. The topological polar surface area (TPSA) is 87.7 Å². The van der Waals surface area contributed by atoms with Crippen LogP contribution in [0.25, 0.3) is 0 Å². The number of benzene rings is 2. The van der Waals surface area contributed by atoms with Gasteiger partial charge in [0.05, 0.1) is 6.42 Å². The SMILES string of the molecule is O=C(C[C@@H]1C(=O)NCCN1C(=O)CCl)Nc1ccc(Oc2ccccc2)cc1. The first-order valence-corrected chi connectivity index (χ1v) is 9.36. The van der Waals surface area contributed by atoms with E-state index < -0.39 is 6.04 Å². The van der Waals surface area contributed by atoms with Crippen LogP contribution in [-0.4, -0.2) is 47.6 Å². The van der Waals surface area contributed by atoms with E-state index in [1.54, 1.807) is 24.3 Å². The highest BCUT2D eigenvalue weighted by Crippen LogP contribution is 2.23. The molecular weight excluding hydrogens is 382 g/mol. The second-order valence-electron chi connectivity index (χ2n) is 6.22. The molecule has 0 spiro atoms. The third-order valence-electron chi connectivity index (χ3n) is 4.26. The van der Waals surface area contributed by atoms with Crippen LogP contribution >= 0.6 is 11.6 Å². The molecule has 0 unspecified atom stereocenters. The molecular formula is C20H20ClN3O4. The van der Waals surface area contributed by atoms with Gasteiger partial charge in [-0.1, -0.05) is 18.2 Å². The van der Waals surface area contributed by atoms with Crippen LogP contribution in [0.1, 0.15) is 6.42 Å². The molecule has 1 fully saturated rings. The number of nitrogens with zero attached hydrogens (tertiary/aromatic N) is 1. The van der Waals surface area contributed by atoms with Crippen molar-refractivity contribution >= 4 is 35.0 Å². The Balaban J connectivity index is 1.59. The van der Waals surface area contributed by atoms with Gasteiger partial charge in [-0.3, -0.25) is 14.4 Å². The molecule has 1 heterocycles. The van der Waals surface area contributed by atoms with E-state index in [9.17, 15) is 14.4 Å². The summed E-state index contributed by atoms with van der Waals surface area (Å²) in [5, 5.41) is 5.40. The number of carbonyl (C=O) groups excluding carboxylic acids is 3. The molecule has 1 atom stereocenters. The number of hydrogen-bond donors (Lipinski definition) is 2. The lowest BCUT2D eigenvalue weighted by atomic mass is 10.1. The normalized spacial score (nSPS) is 16.2. The molecule has 8 heteroatoms. The van der Waals surface area contributed by atoms with Gasteiger partial charge in [0.2, 0.25) is 17.7 Å². The average Bonchev–Trinajstić information content (AvgIpc) is 2.71. The van der Waals surface area contributed by atoms with E-state index in [1.807, 2.05) is 30.3 Å². The second kappa shape index (κ2) is 9.23. The van der Waals surface area contributed by atoms with Gasteiger partial charge in [0.1, 0.15) is 23.4 Å². The molecule has 146 valence electrons. The first-order valence-electron chi connectivity index (χ1n) is 8.83. The molecule has 1 saturated heterocycles. The number of piperazine rings is 1. The molecule has 2 N–H and O–H groups in total. The largest absolute Gasteiger partial charge is 0.457 e. The lowest BCUT2D eigenvalue weighted by Gasteiger charge is -2.34. The molecule has 2 aromatic rings. The molecule has 7 nitrogen and oxygen atoms in total. The van der Waals surface area contributed by atoms with Crippen LogP contribution in [0.4, 0.5) is 5.69 Å². The summed E-state index contributed by atoms with van der Waals surface area (Å²) in [6.45, 7) is 0.684. The number of anilines is 1. The van der Waals surface area contributed by atoms with Crippen molar-refractivity contribution in [3.05, 3.63) is 54.6 Å². The van der Waals surface area contributed by atoms with Crippen molar-refractivity contribution in [3.63, 3.8) is 0 Å². The summed E-state index contributed by atoms with van der Waals surface area (Å²) >= 11 is 5.60. The van der Waals surface area contributed by atoms with Gasteiger partial charge < -0.3 is 20.3 Å². The molecule has 0 radical (unpaired) electrons. The molecule has 1 aliphatic heterocycles. The molecule has 3 amide bonds. The number of para-hydroxylation sites is 1. The van der Waals surface area contributed by atoms with E-state index >= 15 is 0 Å². The minimum Gasteiger partial charge on any atom is -0.457 e. The minimum absolute atomic E-state index is 0.142. The molecule has 0 aromatic heterocycles. The van der Waals surface area contributed by atoms with Crippen molar-refractivity contribution in [2.75, 3.05) is 24.3 Å². The van der Waals surface area contributed by atoms with Crippen LogP contribution in [0.5, 0.6) is 11.5 Å². The van der Waals surface area contributed by atoms with E-state index in [0.717, 1.165) is 0 Å². The van der Waals surface area contributed by atoms with E-state index in [0.29, 0.717) is 30.3 Å². The van der Waals surface area contributed by atoms with Gasteiger partial charge in [-0.2, -0.15) is 0 Å². The van der Waals surface area contributed by atoms with Crippen LogP contribution in [0.2, 0.25) is 0 Å². The van der Waals surface area contributed by atoms with Gasteiger partial charge in [-0.15, -0.1) is 11.6 Å². The smallest absolute Gasteiger partial charge is 0.243 e. The highest BCUT2D eigenvalue weighted by Gasteiger charge is 2.34. The zero-order chi connectivity index (χ0) is 19.9. The number of alkyl halides is 1. The van der Waals surface area contributed by atoms with Crippen LogP contribution in [-0.2, 0) is 14.4 Å². The minimum atomic E-state index is -0.860. The zero-order valence-electron chi connectivity index (χ0n) is 15.1. The van der Waals surface area contributed by atoms with Crippen molar-refractivity contribution in [1.29, 1.82) is 0 Å². The summed E-state index contributed by atoms with van der Waals surface area (Å²) in [6.07, 6.45) is -0.142. The molecule has 3 rings (SSSR count). The average molecular weight is 402 g/mol. The Hall–Kier alpha value is -3.06. The van der Waals surface area contributed by atoms with Gasteiger partial charge >= 0.3 is 0 Å². The third kappa shape index (κ3) is 5.01. The van der Waals surface area contributed by atoms with Gasteiger partial charge in [-0.25, -0.2) is 0 Å². The number of amides is 3. The fourth-order valence-corrected chi connectivity index (χ4v) is 3.06. The van der Waals surface area contributed by atoms with E-state index in [-0.39, 0.29) is 30.0 Å². The van der Waals surface area contributed by atoms with Crippen molar-refractivity contribution in [2.45, 2.75) is 12.5 Å². The molecule has 2 aromatic carbocycles. The lowest BCUT2D eigenvalue weighted by molar-refractivity contribution is -0.143. The highest BCUT2D eigenvalue weighted by atomic mass is 35.5. The molecule has 0 saturated carbocycles. The monoisotopic (exact) mass is 401 g/mol. The maximum absolute atomic E-state index is 12.4. The van der Waals surface area contributed by atoms with Gasteiger partial charge in [0, 0.05) is 18.8 Å². The standard InChI is InChI=1S/C20H20ClN3O4/c21-13-19(26)24-11-10-22-20(27)17(24)12-18(25)23-14-6-8-16(9-7-14)28-15-4-2-1-3-5-15/h1-9,17H,10-13H2,(H,22,27)(H,23,25)/t17-/m1/s1. The quantitative estimate of drug-likeness (QED) is 0.727. The fraction of sp³-hybridized carbons (Fsp3) is 0.250. The number of ether oxygens (including phenoxy) is 1. The van der Waals surface area contributed by atoms with Crippen molar-refractivity contribution < 1.29 is 19.1 Å². The summed E-state index contributed by atoms with van der Waals surface area (Å²) in [5.41, 5.74) is 0.567. The van der Waals surface area contributed by atoms with Crippen LogP contribution < -0.4 is 15.4 Å². The van der Waals surface area contributed by atoms with E-state index in [2.05, 4.69) is 10.6 Å². The number of hydrogen-bond acceptors (Lipinski definition) is 4. The summed E-state index contributed by atoms with van der Waals surface area (Å²) in [6, 6.07) is 15.4. The van der Waals surface area contributed by atoms with Crippen LogP contribution in [0.3, 0.4) is 0 Å². The van der Waals surface area contributed by atoms with Gasteiger partial charge in [-0.05, 0) is 36.4 Å². The summed E-state index contributed by atoms with van der Waals surface area (Å²) < 4.78 is 5.70. The van der Waals surface area contributed by atoms with Crippen LogP contribution in [0.15, 0.2) is 54.6 Å². The summed E-state index contributed by atoms with van der Waals surface area (Å²) in [5.74, 6) is 0.0320. The zero-order valence-corrected chi connectivity index (χ0v) is 15.8. The third-order valence-corrected chi connectivity index (χ3v) is 4.49. The van der Waals surface area contributed by atoms with Gasteiger partial charge in [0.15, 0.2) is 0 Å². The number of nitrogens with one attached hydrogen (secondary N) is 2. The highest BCUT2D eigenvalue weighted by molar-refractivity contribution is 6.27. The Bertz CT molecular complexity index is 842. The summed E-state index contributed by atoms with van der Waals surface area (Å²) in [4.78, 5) is 37.7. The number of halogens is 1. The molecule has 1 aliphatic rings. The Labute approximate surface area is 167 Å².